The first-order valence-corrected chi connectivity index (χ1v) is 7.65. The van der Waals surface area contributed by atoms with Gasteiger partial charge in [-0.2, -0.15) is 0 Å². The van der Waals surface area contributed by atoms with Gasteiger partial charge in [-0.05, 0) is 24.5 Å². The van der Waals surface area contributed by atoms with Crippen molar-refractivity contribution in [2.45, 2.75) is 26.7 Å². The molecule has 116 valence electrons. The third kappa shape index (κ3) is 3.51. The number of rotatable bonds is 6. The summed E-state index contributed by atoms with van der Waals surface area (Å²) in [5, 5.41) is 11.0. The molecule has 0 atom stereocenters. The number of benzene rings is 1. The molecule has 0 saturated heterocycles. The Balaban J connectivity index is 2.11. The number of ketones is 1. The molecular weight excluding hydrogens is 302 g/mol. The SMILES string of the molecule is Cc1nc(C(=O)COc2ccccc2C(C)C)sc1C(=O)[O-]. The zero-order chi connectivity index (χ0) is 16.3. The van der Waals surface area contributed by atoms with E-state index in [9.17, 15) is 14.7 Å². The lowest BCUT2D eigenvalue weighted by molar-refractivity contribution is -0.254. The van der Waals surface area contributed by atoms with Gasteiger partial charge in [0.25, 0.3) is 0 Å². The Morgan fingerprint density at radius 1 is 1.32 bits per heavy atom. The minimum absolute atomic E-state index is 0.0223. The lowest BCUT2D eigenvalue weighted by atomic mass is 10.0. The van der Waals surface area contributed by atoms with Crippen molar-refractivity contribution in [3.63, 3.8) is 0 Å². The Kier molecular flexibility index (Phi) is 4.92. The van der Waals surface area contributed by atoms with E-state index in [1.165, 1.54) is 6.92 Å². The zero-order valence-corrected chi connectivity index (χ0v) is 13.4. The summed E-state index contributed by atoms with van der Waals surface area (Å²) in [6, 6.07) is 7.52. The zero-order valence-electron chi connectivity index (χ0n) is 12.6. The van der Waals surface area contributed by atoms with Crippen LogP contribution in [0.4, 0.5) is 0 Å². The highest BCUT2D eigenvalue weighted by Crippen LogP contribution is 2.26. The number of para-hydroxylation sites is 1. The number of aromatic carboxylic acids is 1. The van der Waals surface area contributed by atoms with E-state index >= 15 is 0 Å². The van der Waals surface area contributed by atoms with Crippen molar-refractivity contribution in [2.75, 3.05) is 6.61 Å². The Bertz CT molecular complexity index is 706. The summed E-state index contributed by atoms with van der Waals surface area (Å²) in [4.78, 5) is 26.9. The molecule has 0 saturated carbocycles. The highest BCUT2D eigenvalue weighted by molar-refractivity contribution is 7.15. The van der Waals surface area contributed by atoms with Gasteiger partial charge in [0.2, 0.25) is 5.78 Å². The van der Waals surface area contributed by atoms with Crippen LogP contribution < -0.4 is 9.84 Å². The molecule has 1 heterocycles. The number of carbonyl (C=O) groups is 2. The average molecular weight is 318 g/mol. The number of carboxylic acid groups (broad SMARTS) is 1. The number of nitrogens with zero attached hydrogens (tertiary/aromatic N) is 1. The van der Waals surface area contributed by atoms with Crippen LogP contribution in [0.1, 0.15) is 50.5 Å². The molecule has 0 aliphatic carbocycles. The first kappa shape index (κ1) is 16.2. The molecule has 5 nitrogen and oxygen atoms in total. The summed E-state index contributed by atoms with van der Waals surface area (Å²) in [6.45, 7) is 5.44. The number of carbonyl (C=O) groups excluding carboxylic acids is 2. The summed E-state index contributed by atoms with van der Waals surface area (Å²) in [5.74, 6) is -0.739. The highest BCUT2D eigenvalue weighted by atomic mass is 32.1. The van der Waals surface area contributed by atoms with Crippen LogP contribution in [0.5, 0.6) is 5.75 Å². The molecule has 6 heteroatoms. The van der Waals surface area contributed by atoms with E-state index in [0.29, 0.717) is 5.75 Å². The molecule has 0 aliphatic heterocycles. The summed E-state index contributed by atoms with van der Waals surface area (Å²) in [7, 11) is 0. The predicted molar refractivity (Wildman–Crippen MR) is 81.5 cm³/mol. The number of aromatic nitrogens is 1. The highest BCUT2D eigenvalue weighted by Gasteiger charge is 2.16. The largest absolute Gasteiger partial charge is 0.544 e. The van der Waals surface area contributed by atoms with Crippen molar-refractivity contribution in [3.05, 3.63) is 45.4 Å². The van der Waals surface area contributed by atoms with E-state index in [1.807, 2.05) is 38.1 Å². The molecule has 2 aromatic rings. The monoisotopic (exact) mass is 318 g/mol. The molecule has 2 rings (SSSR count). The van der Waals surface area contributed by atoms with E-state index in [1.54, 1.807) is 0 Å². The smallest absolute Gasteiger partial charge is 0.228 e. The second-order valence-corrected chi connectivity index (χ2v) is 6.12. The molecule has 0 bridgehead atoms. The first-order chi connectivity index (χ1) is 10.4. The van der Waals surface area contributed by atoms with E-state index in [4.69, 9.17) is 4.74 Å². The van der Waals surface area contributed by atoms with Gasteiger partial charge in [-0.15, -0.1) is 11.3 Å². The number of thiazole rings is 1. The molecule has 1 aromatic heterocycles. The summed E-state index contributed by atoms with van der Waals surface area (Å²) < 4.78 is 5.58. The van der Waals surface area contributed by atoms with Gasteiger partial charge >= 0.3 is 0 Å². The maximum Gasteiger partial charge on any atom is 0.228 e. The third-order valence-corrected chi connectivity index (χ3v) is 4.30. The number of carboxylic acids is 1. The van der Waals surface area contributed by atoms with Gasteiger partial charge in [-0.25, -0.2) is 4.98 Å². The summed E-state index contributed by atoms with van der Waals surface area (Å²) in [6.07, 6.45) is 0. The third-order valence-electron chi connectivity index (χ3n) is 3.12. The molecule has 0 radical (unpaired) electrons. The number of hydrogen-bond donors (Lipinski definition) is 0. The van der Waals surface area contributed by atoms with Crippen LogP contribution in [0.3, 0.4) is 0 Å². The maximum atomic E-state index is 12.1. The van der Waals surface area contributed by atoms with E-state index in [0.717, 1.165) is 16.9 Å². The van der Waals surface area contributed by atoms with Crippen LogP contribution in [-0.4, -0.2) is 23.3 Å². The fraction of sp³-hybridized carbons (Fsp3) is 0.312. The molecule has 1 aromatic carbocycles. The number of aryl methyl sites for hydroxylation is 1. The second kappa shape index (κ2) is 6.70. The summed E-state index contributed by atoms with van der Waals surface area (Å²) in [5.41, 5.74) is 1.30. The molecule has 0 N–H and O–H groups in total. The van der Waals surface area contributed by atoms with Crippen molar-refractivity contribution in [1.29, 1.82) is 0 Å². The number of Topliss-reactive ketones (excluding diaryl/α,β-unsaturated/α-hetero) is 1. The Labute approximate surface area is 132 Å². The number of hydrogen-bond acceptors (Lipinski definition) is 6. The molecule has 0 spiro atoms. The Morgan fingerprint density at radius 3 is 2.59 bits per heavy atom. The van der Waals surface area contributed by atoms with E-state index in [-0.39, 0.29) is 33.9 Å². The number of ether oxygens (including phenoxy) is 1. The van der Waals surface area contributed by atoms with Crippen LogP contribution >= 0.6 is 11.3 Å². The van der Waals surface area contributed by atoms with Gasteiger partial charge in [-0.3, -0.25) is 4.79 Å². The van der Waals surface area contributed by atoms with Crippen LogP contribution in [0.25, 0.3) is 0 Å². The molecule has 0 unspecified atom stereocenters. The van der Waals surface area contributed by atoms with Crippen molar-refractivity contribution < 1.29 is 19.4 Å². The molecule has 0 amide bonds. The average Bonchev–Trinajstić information content (AvgIpc) is 2.87. The Morgan fingerprint density at radius 2 is 2.00 bits per heavy atom. The van der Waals surface area contributed by atoms with Gasteiger partial charge in [0, 0.05) is 0 Å². The van der Waals surface area contributed by atoms with Crippen LogP contribution in [0.2, 0.25) is 0 Å². The van der Waals surface area contributed by atoms with Crippen molar-refractivity contribution >= 4 is 23.1 Å². The van der Waals surface area contributed by atoms with Gasteiger partial charge < -0.3 is 14.6 Å². The van der Waals surface area contributed by atoms with Gasteiger partial charge in [0.15, 0.2) is 11.6 Å². The van der Waals surface area contributed by atoms with Gasteiger partial charge in [0.1, 0.15) is 5.75 Å². The second-order valence-electron chi connectivity index (χ2n) is 5.13. The van der Waals surface area contributed by atoms with Gasteiger partial charge in [-0.1, -0.05) is 32.0 Å². The van der Waals surface area contributed by atoms with Crippen molar-refractivity contribution in [2.24, 2.45) is 0 Å². The topological polar surface area (TPSA) is 79.3 Å². The molecule has 0 aliphatic rings. The molecule has 0 fully saturated rings. The normalized spacial score (nSPS) is 10.7. The lowest BCUT2D eigenvalue weighted by Crippen LogP contribution is -2.21. The standard InChI is InChI=1S/C16H17NO4S/c1-9(2)11-6-4-5-7-13(11)21-8-12(18)15-17-10(3)14(22-15)16(19)20/h4-7,9H,8H2,1-3H3,(H,19,20)/p-1. The van der Waals surface area contributed by atoms with Crippen LogP contribution in [0.15, 0.2) is 24.3 Å². The quantitative estimate of drug-likeness (QED) is 0.763. The fourth-order valence-electron chi connectivity index (χ4n) is 2.00. The summed E-state index contributed by atoms with van der Waals surface area (Å²) >= 11 is 0.819. The van der Waals surface area contributed by atoms with Crippen molar-refractivity contribution in [1.82, 2.24) is 4.98 Å². The minimum Gasteiger partial charge on any atom is -0.544 e. The Hall–Kier alpha value is -2.21. The molecule has 22 heavy (non-hydrogen) atoms. The van der Waals surface area contributed by atoms with E-state index in [2.05, 4.69) is 4.98 Å². The van der Waals surface area contributed by atoms with Crippen LogP contribution in [0, 0.1) is 6.92 Å². The fourth-order valence-corrected chi connectivity index (χ4v) is 2.82. The molecular formula is C16H16NO4S-. The lowest BCUT2D eigenvalue weighted by Gasteiger charge is -2.12. The predicted octanol–water partition coefficient (Wildman–Crippen LogP) is 2.20. The minimum atomic E-state index is -1.32. The van der Waals surface area contributed by atoms with E-state index < -0.39 is 5.97 Å². The maximum absolute atomic E-state index is 12.1. The van der Waals surface area contributed by atoms with Gasteiger partial charge in [0.05, 0.1) is 16.5 Å². The van der Waals surface area contributed by atoms with Crippen molar-refractivity contribution in [3.8, 4) is 5.75 Å². The van der Waals surface area contributed by atoms with Crippen LogP contribution in [-0.2, 0) is 0 Å². The first-order valence-electron chi connectivity index (χ1n) is 6.83.